The topological polar surface area (TPSA) is 49.3 Å². The number of benzene rings is 2. The Morgan fingerprint density at radius 1 is 1.14 bits per heavy atom. The third-order valence-corrected chi connectivity index (χ3v) is 4.49. The van der Waals surface area contributed by atoms with Gasteiger partial charge in [0.05, 0.1) is 0 Å². The Balaban J connectivity index is 1.67. The first kappa shape index (κ1) is 13.3. The number of aliphatic hydroxyl groups is 1. The van der Waals surface area contributed by atoms with Crippen molar-refractivity contribution >= 4 is 17.5 Å². The molecule has 0 aromatic heterocycles. The standard InChI is InChI=1S/C19H17NO2/c21-17-9-7-15-16(20-17)8-6-13-11-14(19(22)18(13)15)10-12-4-2-1-3-5-12/h1-9,14,17,20-21H,10-11H2. The minimum absolute atomic E-state index is 0.0177. The fourth-order valence-corrected chi connectivity index (χ4v) is 3.45. The van der Waals surface area contributed by atoms with Crippen molar-refractivity contribution in [1.82, 2.24) is 0 Å². The van der Waals surface area contributed by atoms with Crippen LogP contribution in [0.1, 0.15) is 27.0 Å². The van der Waals surface area contributed by atoms with Crippen LogP contribution in [0.3, 0.4) is 0 Å². The van der Waals surface area contributed by atoms with Gasteiger partial charge in [-0.25, -0.2) is 0 Å². The van der Waals surface area contributed by atoms with E-state index in [1.807, 2.05) is 36.4 Å². The molecule has 110 valence electrons. The minimum Gasteiger partial charge on any atom is -0.370 e. The van der Waals surface area contributed by atoms with Crippen LogP contribution in [-0.2, 0) is 12.8 Å². The summed E-state index contributed by atoms with van der Waals surface area (Å²) in [7, 11) is 0. The molecular formula is C19H17NO2. The van der Waals surface area contributed by atoms with Crippen molar-refractivity contribution in [2.24, 2.45) is 5.92 Å². The van der Waals surface area contributed by atoms with Gasteiger partial charge in [0.15, 0.2) is 5.78 Å². The van der Waals surface area contributed by atoms with E-state index in [0.717, 1.165) is 35.2 Å². The molecule has 0 fully saturated rings. The highest BCUT2D eigenvalue weighted by Crippen LogP contribution is 2.37. The number of nitrogens with one attached hydrogen (secondary N) is 1. The summed E-state index contributed by atoms with van der Waals surface area (Å²) in [5.41, 5.74) is 4.90. The minimum atomic E-state index is -0.679. The first-order valence-corrected chi connectivity index (χ1v) is 7.59. The molecule has 22 heavy (non-hydrogen) atoms. The van der Waals surface area contributed by atoms with Crippen LogP contribution in [0.15, 0.2) is 48.5 Å². The third-order valence-electron chi connectivity index (χ3n) is 4.49. The fraction of sp³-hybridized carbons (Fsp3) is 0.211. The Bertz CT molecular complexity index is 765. The number of hydrogen-bond donors (Lipinski definition) is 2. The number of carbonyl (C=O) groups is 1. The van der Waals surface area contributed by atoms with Crippen molar-refractivity contribution in [3.05, 3.63) is 70.8 Å². The van der Waals surface area contributed by atoms with E-state index in [1.165, 1.54) is 5.56 Å². The lowest BCUT2D eigenvalue weighted by atomic mass is 9.94. The quantitative estimate of drug-likeness (QED) is 0.894. The largest absolute Gasteiger partial charge is 0.370 e. The Hall–Kier alpha value is -2.39. The summed E-state index contributed by atoms with van der Waals surface area (Å²) in [6.45, 7) is 0. The Labute approximate surface area is 129 Å². The normalized spacial score (nSPS) is 22.1. The molecule has 0 bridgehead atoms. The summed E-state index contributed by atoms with van der Waals surface area (Å²) in [6.07, 6.45) is 4.44. The predicted molar refractivity (Wildman–Crippen MR) is 86.8 cm³/mol. The Morgan fingerprint density at radius 2 is 1.95 bits per heavy atom. The van der Waals surface area contributed by atoms with Crippen molar-refractivity contribution < 1.29 is 9.90 Å². The van der Waals surface area contributed by atoms with Crippen molar-refractivity contribution in [2.75, 3.05) is 5.32 Å². The zero-order chi connectivity index (χ0) is 15.1. The van der Waals surface area contributed by atoms with Gasteiger partial charge in [-0.2, -0.15) is 0 Å². The van der Waals surface area contributed by atoms with Gasteiger partial charge in [0.1, 0.15) is 6.23 Å². The molecule has 2 aromatic rings. The number of aliphatic hydroxyl groups excluding tert-OH is 1. The summed E-state index contributed by atoms with van der Waals surface area (Å²) in [5.74, 6) is 0.239. The smallest absolute Gasteiger partial charge is 0.167 e. The van der Waals surface area contributed by atoms with Gasteiger partial charge in [-0.15, -0.1) is 0 Å². The van der Waals surface area contributed by atoms with Gasteiger partial charge in [0.25, 0.3) is 0 Å². The van der Waals surface area contributed by atoms with Gasteiger partial charge >= 0.3 is 0 Å². The van der Waals surface area contributed by atoms with Crippen LogP contribution in [0.4, 0.5) is 5.69 Å². The fourth-order valence-electron chi connectivity index (χ4n) is 3.45. The molecule has 0 amide bonds. The highest BCUT2D eigenvalue weighted by molar-refractivity contribution is 6.07. The highest BCUT2D eigenvalue weighted by Gasteiger charge is 2.33. The zero-order valence-corrected chi connectivity index (χ0v) is 12.1. The Kier molecular flexibility index (Phi) is 3.09. The van der Waals surface area contributed by atoms with E-state index in [4.69, 9.17) is 0 Å². The predicted octanol–water partition coefficient (Wildman–Crippen LogP) is 3.04. The van der Waals surface area contributed by atoms with Crippen LogP contribution >= 0.6 is 0 Å². The first-order chi connectivity index (χ1) is 10.7. The molecule has 0 spiro atoms. The Morgan fingerprint density at radius 3 is 2.77 bits per heavy atom. The van der Waals surface area contributed by atoms with Crippen molar-refractivity contribution in [2.45, 2.75) is 19.1 Å². The molecule has 2 N–H and O–H groups in total. The average Bonchev–Trinajstić information content (AvgIpc) is 2.85. The number of hydrogen-bond acceptors (Lipinski definition) is 3. The van der Waals surface area contributed by atoms with E-state index in [1.54, 1.807) is 6.08 Å². The van der Waals surface area contributed by atoms with E-state index < -0.39 is 6.23 Å². The molecule has 2 unspecified atom stereocenters. The van der Waals surface area contributed by atoms with Crippen molar-refractivity contribution in [1.29, 1.82) is 0 Å². The van der Waals surface area contributed by atoms with E-state index >= 15 is 0 Å². The third kappa shape index (κ3) is 2.14. The summed E-state index contributed by atoms with van der Waals surface area (Å²) < 4.78 is 0. The highest BCUT2D eigenvalue weighted by atomic mass is 16.3. The lowest BCUT2D eigenvalue weighted by molar-refractivity contribution is 0.0936. The van der Waals surface area contributed by atoms with Gasteiger partial charge in [-0.1, -0.05) is 42.5 Å². The van der Waals surface area contributed by atoms with Gasteiger partial charge < -0.3 is 10.4 Å². The number of Topliss-reactive ketones (excluding diaryl/α,β-unsaturated/α-hetero) is 1. The summed E-state index contributed by atoms with van der Waals surface area (Å²) >= 11 is 0. The van der Waals surface area contributed by atoms with Crippen molar-refractivity contribution in [3.63, 3.8) is 0 Å². The van der Waals surface area contributed by atoms with Crippen LogP contribution in [0.25, 0.3) is 6.08 Å². The summed E-state index contributed by atoms with van der Waals surface area (Å²) in [5, 5.41) is 12.6. The van der Waals surface area contributed by atoms with Gasteiger partial charge in [-0.3, -0.25) is 4.79 Å². The molecule has 1 heterocycles. The lowest BCUT2D eigenvalue weighted by Crippen LogP contribution is -2.20. The second kappa shape index (κ2) is 5.11. The average molecular weight is 291 g/mol. The maximum atomic E-state index is 12.8. The van der Waals surface area contributed by atoms with Crippen molar-refractivity contribution in [3.8, 4) is 0 Å². The molecule has 0 radical (unpaired) electrons. The molecule has 2 atom stereocenters. The van der Waals surface area contributed by atoms with Crippen LogP contribution < -0.4 is 5.32 Å². The number of carbonyl (C=O) groups excluding carboxylic acids is 1. The summed E-state index contributed by atoms with van der Waals surface area (Å²) in [4.78, 5) is 12.8. The maximum absolute atomic E-state index is 12.8. The van der Waals surface area contributed by atoms with Gasteiger partial charge in [-0.05, 0) is 36.1 Å². The number of fused-ring (bicyclic) bond motifs is 3. The molecule has 2 aromatic carbocycles. The van der Waals surface area contributed by atoms with E-state index in [9.17, 15) is 9.90 Å². The number of ketones is 1. The molecule has 4 rings (SSSR count). The van der Waals surface area contributed by atoms with Crippen LogP contribution in [0.5, 0.6) is 0 Å². The zero-order valence-electron chi connectivity index (χ0n) is 12.1. The van der Waals surface area contributed by atoms with Gasteiger partial charge in [0.2, 0.25) is 0 Å². The molecule has 0 saturated heterocycles. The van der Waals surface area contributed by atoms with Gasteiger partial charge in [0, 0.05) is 22.7 Å². The molecule has 1 aliphatic heterocycles. The van der Waals surface area contributed by atoms with Crippen LogP contribution in [-0.4, -0.2) is 17.1 Å². The molecule has 3 nitrogen and oxygen atoms in total. The lowest BCUT2D eigenvalue weighted by Gasteiger charge is -2.20. The second-order valence-electron chi connectivity index (χ2n) is 5.96. The second-order valence-corrected chi connectivity index (χ2v) is 5.96. The number of rotatable bonds is 2. The van der Waals surface area contributed by atoms with Crippen LogP contribution in [0, 0.1) is 5.92 Å². The molecular weight excluding hydrogens is 274 g/mol. The SMILES string of the molecule is O=C1c2c(ccc3c2C=CC(O)N3)CC1Cc1ccccc1. The van der Waals surface area contributed by atoms with E-state index in [2.05, 4.69) is 17.4 Å². The van der Waals surface area contributed by atoms with E-state index in [0.29, 0.717) is 0 Å². The van der Waals surface area contributed by atoms with Crippen LogP contribution in [0.2, 0.25) is 0 Å². The maximum Gasteiger partial charge on any atom is 0.167 e. The van der Waals surface area contributed by atoms with E-state index in [-0.39, 0.29) is 11.7 Å². The molecule has 1 aliphatic carbocycles. The monoisotopic (exact) mass is 291 g/mol. The molecule has 3 heteroatoms. The molecule has 2 aliphatic rings. The molecule has 0 saturated carbocycles. The number of anilines is 1. The summed E-state index contributed by atoms with van der Waals surface area (Å²) in [6, 6.07) is 14.1. The first-order valence-electron chi connectivity index (χ1n) is 7.59.